The van der Waals surface area contributed by atoms with Crippen LogP contribution in [0.5, 0.6) is 11.5 Å². The van der Waals surface area contributed by atoms with Crippen molar-refractivity contribution in [3.05, 3.63) is 94.6 Å². The van der Waals surface area contributed by atoms with Gasteiger partial charge in [-0.15, -0.1) is 0 Å². The van der Waals surface area contributed by atoms with Crippen LogP contribution in [0.1, 0.15) is 17.4 Å². The van der Waals surface area contributed by atoms with Crippen LogP contribution in [0.2, 0.25) is 0 Å². The summed E-state index contributed by atoms with van der Waals surface area (Å²) in [6.07, 6.45) is 0.0794. The van der Waals surface area contributed by atoms with Crippen LogP contribution < -0.4 is 20.5 Å². The van der Waals surface area contributed by atoms with Gasteiger partial charge in [0.25, 0.3) is 5.91 Å². The molecular weight excluding hydrogens is 478 g/mol. The number of carbonyl (C=O) groups is 1. The second-order valence-corrected chi connectivity index (χ2v) is 8.26. The average molecular weight is 506 g/mol. The van der Waals surface area contributed by atoms with Crippen LogP contribution in [-0.4, -0.2) is 58.7 Å². The number of carbonyl (C=O) groups excluding carboxylic acids is 1. The number of nitrogens with zero attached hydrogens (tertiary/aromatic N) is 2. The maximum absolute atomic E-state index is 13.4. The second kappa shape index (κ2) is 11.2. The Labute approximate surface area is 213 Å². The van der Waals surface area contributed by atoms with Gasteiger partial charge in [0.15, 0.2) is 6.23 Å². The monoisotopic (exact) mass is 505 g/mol. The Hall–Kier alpha value is -4.25. The summed E-state index contributed by atoms with van der Waals surface area (Å²) in [7, 11) is 3.03. The standard InChI is InChI=1S/C27H27N3O7/c1-16-24(32)22(15-31)37-26(16)30-10-9-23(29-27(30)34)28-25(33)21(11-17-7-5-4-6-8-17)18-12-19(35-2)14-20(13-18)36-3/h4-14,22,24,26,31-32H,1,15H2,2-3H3,(H,28,29,33,34)/t22-,24+,26-/m1/s1. The van der Waals surface area contributed by atoms with Crippen molar-refractivity contribution in [2.75, 3.05) is 26.1 Å². The molecule has 37 heavy (non-hydrogen) atoms. The molecule has 1 saturated heterocycles. The molecule has 192 valence electrons. The number of hydrogen-bond donors (Lipinski definition) is 3. The minimum Gasteiger partial charge on any atom is -0.497 e. The van der Waals surface area contributed by atoms with Gasteiger partial charge in [-0.05, 0) is 35.4 Å². The SMILES string of the molecule is C=C1[C@H](n2ccc(NC(=O)C(=Cc3ccccc3)c3cc(OC)cc(OC)c3)nc2=O)O[C@H](CO)[C@H]1O. The van der Waals surface area contributed by atoms with Crippen molar-refractivity contribution >= 4 is 23.4 Å². The number of ether oxygens (including phenoxy) is 3. The van der Waals surface area contributed by atoms with E-state index in [4.69, 9.17) is 14.2 Å². The number of aliphatic hydroxyl groups excluding tert-OH is 2. The fraction of sp³-hybridized carbons (Fsp3) is 0.222. The van der Waals surface area contributed by atoms with Gasteiger partial charge in [-0.3, -0.25) is 9.36 Å². The summed E-state index contributed by atoms with van der Waals surface area (Å²) in [5, 5.41) is 22.1. The van der Waals surface area contributed by atoms with Crippen LogP contribution in [0.4, 0.5) is 5.82 Å². The van der Waals surface area contributed by atoms with Crippen LogP contribution >= 0.6 is 0 Å². The van der Waals surface area contributed by atoms with Gasteiger partial charge in [0, 0.05) is 23.4 Å². The number of hydrogen-bond acceptors (Lipinski definition) is 8. The lowest BCUT2D eigenvalue weighted by Gasteiger charge is -2.16. The van der Waals surface area contributed by atoms with E-state index in [2.05, 4.69) is 16.9 Å². The zero-order valence-electron chi connectivity index (χ0n) is 20.3. The lowest BCUT2D eigenvalue weighted by molar-refractivity contribution is -0.111. The first kappa shape index (κ1) is 25.8. The van der Waals surface area contributed by atoms with Crippen LogP contribution in [0.15, 0.2) is 77.7 Å². The average Bonchev–Trinajstić information content (AvgIpc) is 3.20. The maximum atomic E-state index is 13.4. The van der Waals surface area contributed by atoms with E-state index in [0.29, 0.717) is 17.1 Å². The largest absolute Gasteiger partial charge is 0.497 e. The van der Waals surface area contributed by atoms with E-state index in [-0.39, 0.29) is 17.0 Å². The molecule has 3 N–H and O–H groups in total. The number of amides is 1. The predicted molar refractivity (Wildman–Crippen MR) is 137 cm³/mol. The molecule has 1 aromatic heterocycles. The molecule has 0 radical (unpaired) electrons. The Bertz CT molecular complexity index is 1360. The second-order valence-electron chi connectivity index (χ2n) is 8.26. The first-order valence-electron chi connectivity index (χ1n) is 11.4. The van der Waals surface area contributed by atoms with Crippen molar-refractivity contribution in [1.29, 1.82) is 0 Å². The van der Waals surface area contributed by atoms with E-state index < -0.39 is 36.6 Å². The topological polar surface area (TPSA) is 132 Å². The summed E-state index contributed by atoms with van der Waals surface area (Å²) in [6, 6.07) is 15.8. The van der Waals surface area contributed by atoms with Gasteiger partial charge in [0.05, 0.1) is 20.8 Å². The number of benzene rings is 2. The predicted octanol–water partition coefficient (Wildman–Crippen LogP) is 2.25. The van der Waals surface area contributed by atoms with E-state index in [9.17, 15) is 19.8 Å². The molecule has 1 aliphatic rings. The summed E-state index contributed by atoms with van der Waals surface area (Å²) in [5.74, 6) is 0.507. The third kappa shape index (κ3) is 5.61. The molecule has 4 rings (SSSR count). The van der Waals surface area contributed by atoms with E-state index in [0.717, 1.165) is 10.1 Å². The Balaban J connectivity index is 1.66. The molecule has 0 aliphatic carbocycles. The van der Waals surface area contributed by atoms with Crippen LogP contribution in [0.3, 0.4) is 0 Å². The molecular formula is C27H27N3O7. The maximum Gasteiger partial charge on any atom is 0.351 e. The lowest BCUT2D eigenvalue weighted by atomic mass is 10.0. The van der Waals surface area contributed by atoms with Crippen molar-refractivity contribution < 1.29 is 29.2 Å². The van der Waals surface area contributed by atoms with Gasteiger partial charge < -0.3 is 29.7 Å². The van der Waals surface area contributed by atoms with Crippen molar-refractivity contribution in [1.82, 2.24) is 9.55 Å². The van der Waals surface area contributed by atoms with Crippen molar-refractivity contribution in [3.63, 3.8) is 0 Å². The molecule has 10 heteroatoms. The lowest BCUT2D eigenvalue weighted by Crippen LogP contribution is -2.29. The summed E-state index contributed by atoms with van der Waals surface area (Å²) >= 11 is 0. The summed E-state index contributed by atoms with van der Waals surface area (Å²) in [6.45, 7) is 3.32. The van der Waals surface area contributed by atoms with E-state index in [1.54, 1.807) is 24.3 Å². The fourth-order valence-corrected chi connectivity index (χ4v) is 3.90. The number of aliphatic hydroxyl groups is 2. The van der Waals surface area contributed by atoms with Crippen molar-refractivity contribution in [2.45, 2.75) is 18.4 Å². The van der Waals surface area contributed by atoms with E-state index in [1.165, 1.54) is 26.5 Å². The smallest absolute Gasteiger partial charge is 0.351 e. The number of anilines is 1. The van der Waals surface area contributed by atoms with Crippen LogP contribution in [-0.2, 0) is 9.53 Å². The van der Waals surface area contributed by atoms with Gasteiger partial charge in [0.2, 0.25) is 0 Å². The molecule has 1 fully saturated rings. The molecule has 3 atom stereocenters. The molecule has 2 heterocycles. The molecule has 1 aliphatic heterocycles. The Kier molecular flexibility index (Phi) is 7.83. The van der Waals surface area contributed by atoms with Gasteiger partial charge in [-0.1, -0.05) is 36.9 Å². The summed E-state index contributed by atoms with van der Waals surface area (Å²) < 4.78 is 17.4. The fourth-order valence-electron chi connectivity index (χ4n) is 3.90. The third-order valence-electron chi connectivity index (χ3n) is 5.87. The minimum absolute atomic E-state index is 0.0166. The first-order valence-corrected chi connectivity index (χ1v) is 11.4. The highest BCUT2D eigenvalue weighted by atomic mass is 16.5. The van der Waals surface area contributed by atoms with Crippen molar-refractivity contribution in [2.24, 2.45) is 0 Å². The van der Waals surface area contributed by atoms with Gasteiger partial charge >= 0.3 is 5.69 Å². The molecule has 0 bridgehead atoms. The number of nitrogens with one attached hydrogen (secondary N) is 1. The molecule has 3 aromatic rings. The normalized spacial score (nSPS) is 19.5. The Morgan fingerprint density at radius 1 is 1.16 bits per heavy atom. The molecule has 0 unspecified atom stereocenters. The van der Waals surface area contributed by atoms with E-state index >= 15 is 0 Å². The third-order valence-corrected chi connectivity index (χ3v) is 5.87. The zero-order valence-corrected chi connectivity index (χ0v) is 20.3. The highest BCUT2D eigenvalue weighted by molar-refractivity contribution is 6.29. The highest BCUT2D eigenvalue weighted by Gasteiger charge is 2.38. The Morgan fingerprint density at radius 2 is 1.84 bits per heavy atom. The molecule has 1 amide bonds. The Morgan fingerprint density at radius 3 is 2.41 bits per heavy atom. The zero-order chi connectivity index (χ0) is 26.5. The quantitative estimate of drug-likeness (QED) is 0.241. The molecule has 0 spiro atoms. The van der Waals surface area contributed by atoms with Gasteiger partial charge in [0.1, 0.15) is 29.5 Å². The first-order chi connectivity index (χ1) is 17.8. The van der Waals surface area contributed by atoms with Crippen LogP contribution in [0, 0.1) is 0 Å². The van der Waals surface area contributed by atoms with Crippen molar-refractivity contribution in [3.8, 4) is 11.5 Å². The number of aromatic nitrogens is 2. The number of methoxy groups -OCH3 is 2. The summed E-state index contributed by atoms with van der Waals surface area (Å²) in [5.41, 5.74) is 1.10. The highest BCUT2D eigenvalue weighted by Crippen LogP contribution is 2.32. The van der Waals surface area contributed by atoms with Gasteiger partial charge in [-0.2, -0.15) is 4.98 Å². The van der Waals surface area contributed by atoms with Gasteiger partial charge in [-0.25, -0.2) is 4.79 Å². The molecule has 10 nitrogen and oxygen atoms in total. The van der Waals surface area contributed by atoms with E-state index in [1.807, 2.05) is 30.3 Å². The van der Waals surface area contributed by atoms with Crippen LogP contribution in [0.25, 0.3) is 11.6 Å². The summed E-state index contributed by atoms with van der Waals surface area (Å²) in [4.78, 5) is 30.1. The minimum atomic E-state index is -1.12. The molecule has 0 saturated carbocycles. The number of rotatable bonds is 8. The molecule has 2 aromatic carbocycles.